The van der Waals surface area contributed by atoms with Crippen LogP contribution in [0.15, 0.2) is 0 Å². The van der Waals surface area contributed by atoms with Crippen LogP contribution in [0.2, 0.25) is 0 Å². The molecule has 1 aliphatic rings. The lowest BCUT2D eigenvalue weighted by Crippen LogP contribution is -2.50. The van der Waals surface area contributed by atoms with Crippen molar-refractivity contribution >= 4 is 29.3 Å². The molecule has 0 radical (unpaired) electrons. The van der Waals surface area contributed by atoms with E-state index < -0.39 is 0 Å². The number of halogens is 1. The van der Waals surface area contributed by atoms with Gasteiger partial charge >= 0.3 is 0 Å². The van der Waals surface area contributed by atoms with Crippen LogP contribution < -0.4 is 11.1 Å². The number of carbonyl (C=O) groups is 2. The Morgan fingerprint density at radius 2 is 2.00 bits per heavy atom. The first-order chi connectivity index (χ1) is 5.63. The second kappa shape index (κ2) is 3.53. The molecule has 0 aromatic carbocycles. The van der Waals surface area contributed by atoms with E-state index >= 15 is 0 Å². The number of alkyl halides is 1. The van der Waals surface area contributed by atoms with Crippen LogP contribution in [0, 0.1) is 0 Å². The maximum Gasteiger partial charge on any atom is 0.268 e. The molecule has 0 aromatic heterocycles. The maximum atomic E-state index is 10.8. The van der Waals surface area contributed by atoms with Gasteiger partial charge in [0, 0.05) is 0 Å². The summed E-state index contributed by atoms with van der Waals surface area (Å²) < 4.78 is 1.45. The average molecular weight is 191 g/mol. The Hall–Kier alpha value is -1.10. The third kappa shape index (κ3) is 1.94. The van der Waals surface area contributed by atoms with Gasteiger partial charge in [-0.1, -0.05) is 0 Å². The van der Waals surface area contributed by atoms with Crippen molar-refractivity contribution in [3.8, 4) is 0 Å². The number of imide groups is 1. The molecule has 1 rings (SSSR count). The standard InChI is InChI=1S/C6H8ClN3O2/c7-1-4(8)10-2-5(11)9-6(12)3-10/h8H,1-3H2,(H,9,11,12)/p+1. The van der Waals surface area contributed by atoms with E-state index in [-0.39, 0.29) is 30.8 Å². The number of rotatable bonds is 1. The molecular formula is C6H9ClN3O2+. The highest BCUT2D eigenvalue weighted by Gasteiger charge is 2.23. The molecule has 1 aliphatic heterocycles. The van der Waals surface area contributed by atoms with Crippen molar-refractivity contribution in [3.05, 3.63) is 0 Å². The topological polar surface area (TPSA) is 75.2 Å². The van der Waals surface area contributed by atoms with Gasteiger partial charge < -0.3 is 0 Å². The van der Waals surface area contributed by atoms with E-state index in [9.17, 15) is 9.59 Å². The Morgan fingerprint density at radius 1 is 1.50 bits per heavy atom. The van der Waals surface area contributed by atoms with Gasteiger partial charge in [-0.3, -0.25) is 20.6 Å². The van der Waals surface area contributed by atoms with Crippen molar-refractivity contribution in [2.24, 2.45) is 5.73 Å². The Kier molecular flexibility index (Phi) is 2.65. The highest BCUT2D eigenvalue weighted by atomic mass is 35.5. The zero-order valence-corrected chi connectivity index (χ0v) is 7.10. The first-order valence-electron chi connectivity index (χ1n) is 3.38. The van der Waals surface area contributed by atoms with Crippen LogP contribution in [0.25, 0.3) is 0 Å². The molecule has 1 saturated heterocycles. The van der Waals surface area contributed by atoms with Crippen molar-refractivity contribution in [1.82, 2.24) is 5.32 Å². The largest absolute Gasteiger partial charge is 0.290 e. The van der Waals surface area contributed by atoms with Gasteiger partial charge in [0.15, 0.2) is 13.1 Å². The maximum absolute atomic E-state index is 10.8. The van der Waals surface area contributed by atoms with Crippen LogP contribution >= 0.6 is 11.6 Å². The molecule has 0 aliphatic carbocycles. The van der Waals surface area contributed by atoms with E-state index in [1.165, 1.54) is 4.58 Å². The predicted octanol–water partition coefficient (Wildman–Crippen LogP) is -1.75. The number of carbonyl (C=O) groups excluding carboxylic acids is 2. The average Bonchev–Trinajstić information content (AvgIpc) is 2.01. The molecule has 66 valence electrons. The summed E-state index contributed by atoms with van der Waals surface area (Å²) in [7, 11) is 0. The molecule has 5 nitrogen and oxygen atoms in total. The van der Waals surface area contributed by atoms with E-state index in [1.807, 2.05) is 0 Å². The quantitative estimate of drug-likeness (QED) is 0.223. The molecule has 1 heterocycles. The fourth-order valence-corrected chi connectivity index (χ4v) is 1.09. The Labute approximate surface area is 74.2 Å². The van der Waals surface area contributed by atoms with Crippen LogP contribution in [0.1, 0.15) is 0 Å². The van der Waals surface area contributed by atoms with Crippen molar-refractivity contribution in [3.63, 3.8) is 0 Å². The summed E-state index contributed by atoms with van der Waals surface area (Å²) in [6.07, 6.45) is 0. The number of nitrogens with zero attached hydrogens (tertiary/aromatic N) is 1. The second-order valence-corrected chi connectivity index (χ2v) is 2.72. The Morgan fingerprint density at radius 3 is 2.42 bits per heavy atom. The summed E-state index contributed by atoms with van der Waals surface area (Å²) in [6.45, 7) is 0.203. The minimum atomic E-state index is -0.348. The molecule has 0 unspecified atom stereocenters. The monoisotopic (exact) mass is 190 g/mol. The summed E-state index contributed by atoms with van der Waals surface area (Å²) in [5.41, 5.74) is 5.45. The van der Waals surface area contributed by atoms with Gasteiger partial charge in [-0.25, -0.2) is 4.58 Å². The van der Waals surface area contributed by atoms with Crippen molar-refractivity contribution in [2.45, 2.75) is 0 Å². The van der Waals surface area contributed by atoms with Crippen LogP contribution in [-0.2, 0) is 9.59 Å². The molecule has 0 saturated carbocycles. The number of hydrogen-bond acceptors (Lipinski definition) is 2. The third-order valence-electron chi connectivity index (χ3n) is 1.49. The zero-order valence-electron chi connectivity index (χ0n) is 6.34. The lowest BCUT2D eigenvalue weighted by Gasteiger charge is -2.13. The number of amidine groups is 1. The third-order valence-corrected chi connectivity index (χ3v) is 1.76. The van der Waals surface area contributed by atoms with Gasteiger partial charge in [0.05, 0.1) is 0 Å². The fraction of sp³-hybridized carbons (Fsp3) is 0.500. The lowest BCUT2D eigenvalue weighted by molar-refractivity contribution is -0.509. The van der Waals surface area contributed by atoms with Crippen LogP contribution in [0.5, 0.6) is 0 Å². The molecule has 12 heavy (non-hydrogen) atoms. The molecule has 0 spiro atoms. The molecule has 0 atom stereocenters. The first-order valence-corrected chi connectivity index (χ1v) is 3.92. The number of amides is 2. The Balaban J connectivity index is 2.80. The Bertz CT molecular complexity index is 244. The van der Waals surface area contributed by atoms with Gasteiger partial charge in [0.1, 0.15) is 5.88 Å². The van der Waals surface area contributed by atoms with Gasteiger partial charge in [-0.05, 0) is 0 Å². The summed E-state index contributed by atoms with van der Waals surface area (Å²) in [4.78, 5) is 21.6. The predicted molar refractivity (Wildman–Crippen MR) is 43.1 cm³/mol. The summed E-state index contributed by atoms with van der Waals surface area (Å²) in [6, 6.07) is 0. The fourth-order valence-electron chi connectivity index (χ4n) is 0.925. The molecule has 2 amide bonds. The number of hydrogen-bond donors (Lipinski definition) is 2. The van der Waals surface area contributed by atoms with Crippen molar-refractivity contribution < 1.29 is 14.2 Å². The minimum Gasteiger partial charge on any atom is -0.290 e. The smallest absolute Gasteiger partial charge is 0.268 e. The zero-order chi connectivity index (χ0) is 9.14. The highest BCUT2D eigenvalue weighted by Crippen LogP contribution is 1.87. The van der Waals surface area contributed by atoms with Gasteiger partial charge in [-0.2, -0.15) is 0 Å². The van der Waals surface area contributed by atoms with Crippen LogP contribution in [0.3, 0.4) is 0 Å². The number of nitrogens with one attached hydrogen (secondary N) is 1. The van der Waals surface area contributed by atoms with E-state index in [2.05, 4.69) is 5.32 Å². The van der Waals surface area contributed by atoms with E-state index in [0.717, 1.165) is 0 Å². The van der Waals surface area contributed by atoms with Gasteiger partial charge in [-0.15, -0.1) is 11.6 Å². The van der Waals surface area contributed by atoms with Gasteiger partial charge in [0.2, 0.25) is 0 Å². The van der Waals surface area contributed by atoms with E-state index in [1.54, 1.807) is 0 Å². The molecule has 1 fully saturated rings. The molecule has 3 N–H and O–H groups in total. The summed E-state index contributed by atoms with van der Waals surface area (Å²) in [5.74, 6) is -0.223. The van der Waals surface area contributed by atoms with Gasteiger partial charge in [0.25, 0.3) is 17.6 Å². The van der Waals surface area contributed by atoms with Crippen LogP contribution in [0.4, 0.5) is 0 Å². The lowest BCUT2D eigenvalue weighted by atomic mass is 10.4. The highest BCUT2D eigenvalue weighted by molar-refractivity contribution is 6.27. The number of piperazine rings is 1. The van der Waals surface area contributed by atoms with Crippen LogP contribution in [-0.4, -0.2) is 41.2 Å². The van der Waals surface area contributed by atoms with E-state index in [4.69, 9.17) is 17.3 Å². The molecular weight excluding hydrogens is 182 g/mol. The molecule has 6 heteroatoms. The number of nitrogens with two attached hydrogens (primary N) is 1. The van der Waals surface area contributed by atoms with Crippen molar-refractivity contribution in [2.75, 3.05) is 19.0 Å². The SMILES string of the molecule is NC(CCl)=[N+]1CC(=O)NC(=O)C1. The summed E-state index contributed by atoms with van der Waals surface area (Å²) >= 11 is 5.43. The minimum absolute atomic E-state index is 0.101. The molecule has 0 aromatic rings. The van der Waals surface area contributed by atoms with Crippen molar-refractivity contribution in [1.29, 1.82) is 0 Å². The summed E-state index contributed by atoms with van der Waals surface area (Å²) in [5, 5.41) is 2.16. The molecule has 0 bridgehead atoms. The normalized spacial score (nSPS) is 17.6. The second-order valence-electron chi connectivity index (χ2n) is 2.45. The first kappa shape index (κ1) is 8.99. The van der Waals surface area contributed by atoms with E-state index in [0.29, 0.717) is 5.84 Å².